The average Bonchev–Trinajstić information content (AvgIpc) is 2.91. The molecule has 0 amide bonds. The Morgan fingerprint density at radius 3 is 3.08 bits per heavy atom. The third-order valence-corrected chi connectivity index (χ3v) is 2.74. The zero-order valence-electron chi connectivity index (χ0n) is 7.57. The van der Waals surface area contributed by atoms with Gasteiger partial charge in [0, 0.05) is 6.08 Å². The molecule has 13 heavy (non-hydrogen) atoms. The van der Waals surface area contributed by atoms with E-state index in [4.69, 9.17) is 9.47 Å². The van der Waals surface area contributed by atoms with Crippen molar-refractivity contribution in [1.82, 2.24) is 0 Å². The van der Waals surface area contributed by atoms with Crippen molar-refractivity contribution in [3.05, 3.63) is 12.7 Å². The van der Waals surface area contributed by atoms with Crippen LogP contribution in [0.25, 0.3) is 0 Å². The molecule has 0 radical (unpaired) electrons. The number of hydrogen-bond acceptors (Lipinski definition) is 3. The van der Waals surface area contributed by atoms with Gasteiger partial charge in [0.25, 0.3) is 0 Å². The van der Waals surface area contributed by atoms with Crippen LogP contribution in [0.15, 0.2) is 12.7 Å². The Morgan fingerprint density at radius 1 is 1.54 bits per heavy atom. The van der Waals surface area contributed by atoms with Gasteiger partial charge in [-0.15, -0.1) is 0 Å². The van der Waals surface area contributed by atoms with Gasteiger partial charge in [-0.1, -0.05) is 6.58 Å². The first-order valence-corrected chi connectivity index (χ1v) is 4.74. The van der Waals surface area contributed by atoms with Crippen LogP contribution < -0.4 is 0 Å². The summed E-state index contributed by atoms with van der Waals surface area (Å²) in [6.07, 6.45) is 5.48. The molecule has 0 aromatic rings. The van der Waals surface area contributed by atoms with Gasteiger partial charge in [-0.3, -0.25) is 0 Å². The highest BCUT2D eigenvalue weighted by Gasteiger charge is 2.43. The van der Waals surface area contributed by atoms with E-state index in [2.05, 4.69) is 6.58 Å². The summed E-state index contributed by atoms with van der Waals surface area (Å²) in [6.45, 7) is 3.87. The molecule has 1 aliphatic heterocycles. The van der Waals surface area contributed by atoms with E-state index in [1.165, 1.54) is 6.08 Å². The fourth-order valence-corrected chi connectivity index (χ4v) is 1.90. The van der Waals surface area contributed by atoms with Gasteiger partial charge in [-0.05, 0) is 25.2 Å². The predicted molar refractivity (Wildman–Crippen MR) is 47.2 cm³/mol. The van der Waals surface area contributed by atoms with Crippen LogP contribution in [0.3, 0.4) is 0 Å². The summed E-state index contributed by atoms with van der Waals surface area (Å²) < 4.78 is 10.4. The normalized spacial score (nSPS) is 36.2. The summed E-state index contributed by atoms with van der Waals surface area (Å²) in [5.74, 6) is 0.173. The number of fused-ring (bicyclic) bond motifs is 1. The van der Waals surface area contributed by atoms with Crippen LogP contribution in [0.1, 0.15) is 19.3 Å². The highest BCUT2D eigenvalue weighted by molar-refractivity contribution is 5.81. The van der Waals surface area contributed by atoms with Crippen LogP contribution >= 0.6 is 0 Å². The van der Waals surface area contributed by atoms with E-state index in [0.717, 1.165) is 19.3 Å². The summed E-state index contributed by atoms with van der Waals surface area (Å²) in [5, 5.41) is 0. The molecule has 0 aromatic heterocycles. The van der Waals surface area contributed by atoms with Gasteiger partial charge in [0.05, 0.1) is 18.8 Å². The van der Waals surface area contributed by atoms with Crippen molar-refractivity contribution < 1.29 is 14.3 Å². The molecule has 2 fully saturated rings. The standard InChI is InChI=1S/C10H14O3/c1-2-10(11)12-6-7-3-4-8-9(5-7)13-8/h2,7-9H,1,3-6H2/t7-,8-,9+/m1/s1. The molecule has 1 saturated heterocycles. The minimum atomic E-state index is -0.321. The van der Waals surface area contributed by atoms with Crippen molar-refractivity contribution in [1.29, 1.82) is 0 Å². The molecule has 0 unspecified atom stereocenters. The Kier molecular flexibility index (Phi) is 2.36. The van der Waals surface area contributed by atoms with Crippen molar-refractivity contribution >= 4 is 5.97 Å². The number of esters is 1. The van der Waals surface area contributed by atoms with Gasteiger partial charge in [0.1, 0.15) is 0 Å². The Hall–Kier alpha value is -0.830. The number of carbonyl (C=O) groups excluding carboxylic acids is 1. The van der Waals surface area contributed by atoms with Crippen molar-refractivity contribution in [2.24, 2.45) is 5.92 Å². The van der Waals surface area contributed by atoms with Gasteiger partial charge in [0.15, 0.2) is 0 Å². The highest BCUT2D eigenvalue weighted by Crippen LogP contribution is 2.39. The molecule has 72 valence electrons. The summed E-state index contributed by atoms with van der Waals surface area (Å²) in [6, 6.07) is 0. The minimum absolute atomic E-state index is 0.321. The number of ether oxygens (including phenoxy) is 2. The number of carbonyl (C=O) groups is 1. The first-order valence-electron chi connectivity index (χ1n) is 4.74. The second kappa shape index (κ2) is 3.50. The highest BCUT2D eigenvalue weighted by atomic mass is 16.6. The molecule has 1 heterocycles. The van der Waals surface area contributed by atoms with Gasteiger partial charge in [0.2, 0.25) is 0 Å². The maximum absolute atomic E-state index is 10.8. The molecule has 3 heteroatoms. The van der Waals surface area contributed by atoms with E-state index in [9.17, 15) is 4.79 Å². The molecule has 0 N–H and O–H groups in total. The lowest BCUT2D eigenvalue weighted by Gasteiger charge is -2.17. The maximum Gasteiger partial charge on any atom is 0.330 e. The molecule has 0 aromatic carbocycles. The van der Waals surface area contributed by atoms with Gasteiger partial charge >= 0.3 is 5.97 Å². The monoisotopic (exact) mass is 182 g/mol. The van der Waals surface area contributed by atoms with Gasteiger partial charge in [-0.2, -0.15) is 0 Å². The summed E-state index contributed by atoms with van der Waals surface area (Å²) in [5.41, 5.74) is 0. The lowest BCUT2D eigenvalue weighted by Crippen LogP contribution is -2.19. The Bertz CT molecular complexity index is 224. The van der Waals surface area contributed by atoms with Crippen LogP contribution in [0.4, 0.5) is 0 Å². The second-order valence-corrected chi connectivity index (χ2v) is 3.73. The molecule has 2 rings (SSSR count). The fraction of sp³-hybridized carbons (Fsp3) is 0.700. The SMILES string of the molecule is C=CC(=O)OC[C@@H]1CC[C@H]2O[C@H]2C1. The smallest absolute Gasteiger partial charge is 0.330 e. The molecule has 1 saturated carbocycles. The zero-order valence-corrected chi connectivity index (χ0v) is 7.57. The van der Waals surface area contributed by atoms with E-state index in [0.29, 0.717) is 24.7 Å². The Morgan fingerprint density at radius 2 is 2.38 bits per heavy atom. The van der Waals surface area contributed by atoms with Crippen molar-refractivity contribution in [2.45, 2.75) is 31.5 Å². The first kappa shape index (κ1) is 8.75. The van der Waals surface area contributed by atoms with Crippen molar-refractivity contribution in [2.75, 3.05) is 6.61 Å². The first-order chi connectivity index (χ1) is 6.29. The van der Waals surface area contributed by atoms with Crippen LogP contribution in [0, 0.1) is 5.92 Å². The average molecular weight is 182 g/mol. The van der Waals surface area contributed by atoms with E-state index in [1.807, 2.05) is 0 Å². The predicted octanol–water partition coefficient (Wildman–Crippen LogP) is 1.28. The van der Waals surface area contributed by atoms with Crippen molar-refractivity contribution in [3.63, 3.8) is 0 Å². The second-order valence-electron chi connectivity index (χ2n) is 3.73. The minimum Gasteiger partial charge on any atom is -0.462 e. The molecule has 0 bridgehead atoms. The number of hydrogen-bond donors (Lipinski definition) is 0. The quantitative estimate of drug-likeness (QED) is 0.375. The lowest BCUT2D eigenvalue weighted by molar-refractivity contribution is -0.139. The van der Waals surface area contributed by atoms with E-state index in [1.54, 1.807) is 0 Å². The van der Waals surface area contributed by atoms with E-state index >= 15 is 0 Å². The van der Waals surface area contributed by atoms with Crippen LogP contribution in [-0.4, -0.2) is 24.8 Å². The summed E-state index contributed by atoms with van der Waals surface area (Å²) >= 11 is 0. The summed E-state index contributed by atoms with van der Waals surface area (Å²) in [7, 11) is 0. The largest absolute Gasteiger partial charge is 0.462 e. The third-order valence-electron chi connectivity index (χ3n) is 2.74. The van der Waals surface area contributed by atoms with E-state index < -0.39 is 0 Å². The molecule has 1 aliphatic carbocycles. The van der Waals surface area contributed by atoms with E-state index in [-0.39, 0.29) is 5.97 Å². The Labute approximate surface area is 77.7 Å². The lowest BCUT2D eigenvalue weighted by atomic mass is 9.90. The van der Waals surface area contributed by atoms with Gasteiger partial charge < -0.3 is 9.47 Å². The number of epoxide rings is 1. The maximum atomic E-state index is 10.8. The van der Waals surface area contributed by atoms with Crippen LogP contribution in [0.2, 0.25) is 0 Å². The van der Waals surface area contributed by atoms with Gasteiger partial charge in [-0.25, -0.2) is 4.79 Å². The topological polar surface area (TPSA) is 38.8 Å². The Balaban J connectivity index is 1.69. The summed E-state index contributed by atoms with van der Waals surface area (Å²) in [4.78, 5) is 10.8. The molecular weight excluding hydrogens is 168 g/mol. The molecule has 3 atom stereocenters. The van der Waals surface area contributed by atoms with Crippen molar-refractivity contribution in [3.8, 4) is 0 Å². The zero-order chi connectivity index (χ0) is 9.26. The molecular formula is C10H14O3. The van der Waals surface area contributed by atoms with Crippen LogP contribution in [0.5, 0.6) is 0 Å². The molecule has 0 spiro atoms. The third kappa shape index (κ3) is 2.10. The molecule has 2 aliphatic rings. The fourth-order valence-electron chi connectivity index (χ4n) is 1.90. The number of rotatable bonds is 3. The molecule has 3 nitrogen and oxygen atoms in total. The van der Waals surface area contributed by atoms with Crippen LogP contribution in [-0.2, 0) is 14.3 Å².